The molecule has 11 rings (SSSR count). The van der Waals surface area contributed by atoms with Crippen molar-refractivity contribution < 1.29 is 4.42 Å². The summed E-state index contributed by atoms with van der Waals surface area (Å²) in [5, 5.41) is 9.26. The fraction of sp³-hybridized carbons (Fsp3) is 0. The van der Waals surface area contributed by atoms with Gasteiger partial charge in [0.1, 0.15) is 11.2 Å². The highest BCUT2D eigenvalue weighted by molar-refractivity contribution is 6.21. The Kier molecular flexibility index (Phi) is 6.18. The molecule has 0 amide bonds. The fourth-order valence-corrected chi connectivity index (χ4v) is 7.85. The van der Waals surface area contributed by atoms with Crippen molar-refractivity contribution in [1.29, 1.82) is 0 Å². The van der Waals surface area contributed by atoms with E-state index in [0.717, 1.165) is 66.1 Å². The molecule has 0 N–H and O–H groups in total. The van der Waals surface area contributed by atoms with Gasteiger partial charge in [-0.05, 0) is 52.6 Å². The zero-order valence-electron chi connectivity index (χ0n) is 27.9. The van der Waals surface area contributed by atoms with Gasteiger partial charge in [0.15, 0.2) is 17.5 Å². The Labute approximate surface area is 298 Å². The lowest BCUT2D eigenvalue weighted by Gasteiger charge is -2.12. The van der Waals surface area contributed by atoms with Crippen molar-refractivity contribution in [2.45, 2.75) is 0 Å². The van der Waals surface area contributed by atoms with E-state index in [2.05, 4.69) is 138 Å². The molecule has 0 saturated carbocycles. The lowest BCUT2D eigenvalue weighted by Crippen LogP contribution is -2.01. The molecule has 0 saturated heterocycles. The first-order valence-corrected chi connectivity index (χ1v) is 17.5. The minimum atomic E-state index is 0.562. The van der Waals surface area contributed by atoms with Crippen LogP contribution in [0.4, 0.5) is 0 Å². The van der Waals surface area contributed by atoms with Crippen molar-refractivity contribution in [2.24, 2.45) is 0 Å². The van der Waals surface area contributed by atoms with E-state index in [1.807, 2.05) is 36.4 Å². The topological polar surface area (TPSA) is 56.7 Å². The second kappa shape index (κ2) is 11.2. The second-order valence-corrected chi connectivity index (χ2v) is 13.2. The molecule has 242 valence electrons. The van der Waals surface area contributed by atoms with Crippen LogP contribution >= 0.6 is 0 Å². The van der Waals surface area contributed by atoms with Crippen LogP contribution < -0.4 is 0 Å². The number of rotatable bonds is 4. The summed E-state index contributed by atoms with van der Waals surface area (Å²) in [5.41, 5.74) is 7.60. The predicted octanol–water partition coefficient (Wildman–Crippen LogP) is 12.2. The van der Waals surface area contributed by atoms with E-state index in [-0.39, 0.29) is 0 Å². The van der Waals surface area contributed by atoms with Gasteiger partial charge in [0.25, 0.3) is 0 Å². The summed E-state index contributed by atoms with van der Waals surface area (Å²) in [7, 11) is 0. The van der Waals surface area contributed by atoms with Crippen molar-refractivity contribution >= 4 is 65.3 Å². The molecule has 3 heterocycles. The third-order valence-electron chi connectivity index (χ3n) is 10.2. The van der Waals surface area contributed by atoms with Crippen LogP contribution in [0.15, 0.2) is 174 Å². The van der Waals surface area contributed by atoms with Gasteiger partial charge in [0, 0.05) is 43.7 Å². The Morgan fingerprint density at radius 3 is 1.87 bits per heavy atom. The molecule has 0 bridgehead atoms. The van der Waals surface area contributed by atoms with Crippen LogP contribution in [-0.4, -0.2) is 19.5 Å². The molecule has 0 spiro atoms. The molecule has 0 radical (unpaired) electrons. The molecule has 0 aliphatic heterocycles. The van der Waals surface area contributed by atoms with E-state index >= 15 is 0 Å². The Bertz CT molecular complexity index is 3190. The standard InChI is InChI=1S/C47H28N4O/c1-2-14-31(15-3-1)45-48-46(50-47(49-45)39-22-11-21-36-37-26-24-30-13-5-7-19-35(30)43(37)52-44(36)39)32-16-10-17-33(28-32)51-40-23-9-8-20-38(40)42-34-18-6-4-12-29(34)25-27-41(42)51/h1-28H. The van der Waals surface area contributed by atoms with Gasteiger partial charge in [-0.1, -0.05) is 133 Å². The first-order chi connectivity index (χ1) is 25.8. The number of aromatic nitrogens is 4. The van der Waals surface area contributed by atoms with Crippen LogP contribution in [0.3, 0.4) is 0 Å². The normalized spacial score (nSPS) is 11.8. The lowest BCUT2D eigenvalue weighted by molar-refractivity contribution is 0.673. The van der Waals surface area contributed by atoms with Gasteiger partial charge in [0.05, 0.1) is 16.6 Å². The van der Waals surface area contributed by atoms with Crippen molar-refractivity contribution in [3.63, 3.8) is 0 Å². The number of nitrogens with zero attached hydrogens (tertiary/aromatic N) is 4. The number of hydrogen-bond acceptors (Lipinski definition) is 4. The second-order valence-electron chi connectivity index (χ2n) is 13.2. The molecule has 8 aromatic carbocycles. The number of fused-ring (bicyclic) bond motifs is 10. The fourth-order valence-electron chi connectivity index (χ4n) is 7.85. The molecule has 0 unspecified atom stereocenters. The zero-order chi connectivity index (χ0) is 34.2. The van der Waals surface area contributed by atoms with Crippen LogP contribution in [0.2, 0.25) is 0 Å². The quantitative estimate of drug-likeness (QED) is 0.188. The number of para-hydroxylation sites is 2. The number of benzene rings is 8. The SMILES string of the molecule is c1ccc(-c2nc(-c3cccc(-n4c5ccccc5c5c6ccccc6ccc54)c3)nc(-c3cccc4c3oc3c5ccccc5ccc43)n2)cc1. The van der Waals surface area contributed by atoms with Crippen LogP contribution in [0.25, 0.3) is 105 Å². The predicted molar refractivity (Wildman–Crippen MR) is 213 cm³/mol. The van der Waals surface area contributed by atoms with Crippen molar-refractivity contribution in [3.8, 4) is 39.9 Å². The summed E-state index contributed by atoms with van der Waals surface area (Å²) in [6, 6.07) is 59.1. The van der Waals surface area contributed by atoms with E-state index in [1.54, 1.807) is 0 Å². The molecule has 0 aliphatic rings. The van der Waals surface area contributed by atoms with Gasteiger partial charge in [-0.15, -0.1) is 0 Å². The zero-order valence-corrected chi connectivity index (χ0v) is 27.9. The smallest absolute Gasteiger partial charge is 0.167 e. The molecular weight excluding hydrogens is 637 g/mol. The van der Waals surface area contributed by atoms with E-state index in [4.69, 9.17) is 19.4 Å². The molecule has 0 aliphatic carbocycles. The highest BCUT2D eigenvalue weighted by atomic mass is 16.3. The molecule has 0 fully saturated rings. The summed E-state index contributed by atoms with van der Waals surface area (Å²) < 4.78 is 9.07. The van der Waals surface area contributed by atoms with Crippen LogP contribution in [0, 0.1) is 0 Å². The summed E-state index contributed by atoms with van der Waals surface area (Å²) >= 11 is 0. The Hall–Kier alpha value is -7.11. The lowest BCUT2D eigenvalue weighted by atomic mass is 10.0. The van der Waals surface area contributed by atoms with Gasteiger partial charge in [0.2, 0.25) is 0 Å². The van der Waals surface area contributed by atoms with Crippen LogP contribution in [0.1, 0.15) is 0 Å². The van der Waals surface area contributed by atoms with Crippen molar-refractivity contribution in [1.82, 2.24) is 19.5 Å². The van der Waals surface area contributed by atoms with Crippen molar-refractivity contribution in [2.75, 3.05) is 0 Å². The monoisotopic (exact) mass is 664 g/mol. The maximum Gasteiger partial charge on any atom is 0.167 e. The first kappa shape index (κ1) is 28.7. The molecule has 3 aromatic heterocycles. The minimum absolute atomic E-state index is 0.562. The largest absolute Gasteiger partial charge is 0.455 e. The molecule has 11 aromatic rings. The Morgan fingerprint density at radius 1 is 0.385 bits per heavy atom. The first-order valence-electron chi connectivity index (χ1n) is 17.5. The Balaban J connectivity index is 1.14. The summed E-state index contributed by atoms with van der Waals surface area (Å²) in [6.07, 6.45) is 0. The molecule has 5 heteroatoms. The summed E-state index contributed by atoms with van der Waals surface area (Å²) in [4.78, 5) is 15.3. The highest BCUT2D eigenvalue weighted by Gasteiger charge is 2.20. The number of furan rings is 1. The number of hydrogen-bond donors (Lipinski definition) is 0. The molecule has 52 heavy (non-hydrogen) atoms. The van der Waals surface area contributed by atoms with E-state index in [0.29, 0.717) is 17.5 Å². The van der Waals surface area contributed by atoms with Gasteiger partial charge in [-0.2, -0.15) is 0 Å². The van der Waals surface area contributed by atoms with E-state index < -0.39 is 0 Å². The molecule has 0 atom stereocenters. The van der Waals surface area contributed by atoms with Gasteiger partial charge in [-0.3, -0.25) is 0 Å². The van der Waals surface area contributed by atoms with Gasteiger partial charge < -0.3 is 8.98 Å². The molecule has 5 nitrogen and oxygen atoms in total. The maximum absolute atomic E-state index is 6.72. The Morgan fingerprint density at radius 2 is 1.00 bits per heavy atom. The third-order valence-corrected chi connectivity index (χ3v) is 10.2. The van der Waals surface area contributed by atoms with Crippen LogP contribution in [0.5, 0.6) is 0 Å². The third kappa shape index (κ3) is 4.33. The van der Waals surface area contributed by atoms with E-state index in [9.17, 15) is 0 Å². The summed E-state index contributed by atoms with van der Waals surface area (Å²) in [6.45, 7) is 0. The summed E-state index contributed by atoms with van der Waals surface area (Å²) in [5.74, 6) is 1.76. The molecular formula is C47H28N4O. The van der Waals surface area contributed by atoms with Gasteiger partial charge >= 0.3 is 0 Å². The van der Waals surface area contributed by atoms with Gasteiger partial charge in [-0.25, -0.2) is 15.0 Å². The maximum atomic E-state index is 6.72. The average Bonchev–Trinajstić information content (AvgIpc) is 3.78. The minimum Gasteiger partial charge on any atom is -0.455 e. The average molecular weight is 665 g/mol. The highest BCUT2D eigenvalue weighted by Crippen LogP contribution is 2.40. The van der Waals surface area contributed by atoms with E-state index in [1.165, 1.54) is 21.5 Å². The van der Waals surface area contributed by atoms with Crippen molar-refractivity contribution in [3.05, 3.63) is 170 Å². The van der Waals surface area contributed by atoms with Crippen LogP contribution in [-0.2, 0) is 0 Å².